The van der Waals surface area contributed by atoms with Gasteiger partial charge in [0.1, 0.15) is 17.8 Å². The van der Waals surface area contributed by atoms with Gasteiger partial charge in [0.15, 0.2) is 9.84 Å². The molecule has 1 aliphatic heterocycles. The summed E-state index contributed by atoms with van der Waals surface area (Å²) < 4.78 is 23.5. The highest BCUT2D eigenvalue weighted by Crippen LogP contribution is 2.21. The maximum Gasteiger partial charge on any atom is 0.272 e. The van der Waals surface area contributed by atoms with Crippen LogP contribution in [0.2, 0.25) is 0 Å². The van der Waals surface area contributed by atoms with E-state index in [0.29, 0.717) is 18.8 Å². The van der Waals surface area contributed by atoms with Crippen molar-refractivity contribution in [2.75, 3.05) is 23.4 Å². The topological polar surface area (TPSA) is 92.3 Å². The fourth-order valence-electron chi connectivity index (χ4n) is 3.15. The number of anilines is 2. The van der Waals surface area contributed by atoms with Crippen molar-refractivity contribution in [1.82, 2.24) is 14.9 Å². The van der Waals surface area contributed by atoms with E-state index in [1.165, 1.54) is 6.33 Å². The summed E-state index contributed by atoms with van der Waals surface area (Å²) in [4.78, 5) is 22.7. The summed E-state index contributed by atoms with van der Waals surface area (Å²) in [5.74, 6) is 0.394. The minimum Gasteiger partial charge on any atom is -0.340 e. The van der Waals surface area contributed by atoms with Crippen molar-refractivity contribution in [1.29, 1.82) is 0 Å². The average Bonchev–Trinajstić information content (AvgIpc) is 2.95. The maximum atomic E-state index is 12.8. The van der Waals surface area contributed by atoms with E-state index >= 15 is 0 Å². The lowest BCUT2D eigenvalue weighted by Crippen LogP contribution is -2.41. The van der Waals surface area contributed by atoms with E-state index in [0.717, 1.165) is 11.3 Å². The molecule has 7 nitrogen and oxygen atoms in total. The molecule has 3 rings (SSSR count). The molecule has 0 saturated carbocycles. The molecule has 1 aromatic carbocycles. The molecule has 0 aliphatic carbocycles. The van der Waals surface area contributed by atoms with Crippen LogP contribution in [0.25, 0.3) is 0 Å². The zero-order valence-electron chi connectivity index (χ0n) is 14.8. The number of rotatable bonds is 5. The number of carbonyl (C=O) groups excluding carboxylic acids is 1. The average molecular weight is 374 g/mol. The monoisotopic (exact) mass is 374 g/mol. The van der Waals surface area contributed by atoms with Gasteiger partial charge >= 0.3 is 0 Å². The summed E-state index contributed by atoms with van der Waals surface area (Å²) in [7, 11) is -3.06. The van der Waals surface area contributed by atoms with Crippen molar-refractivity contribution in [2.45, 2.75) is 26.3 Å². The molecule has 1 amide bonds. The van der Waals surface area contributed by atoms with Crippen molar-refractivity contribution in [3.05, 3.63) is 47.9 Å². The van der Waals surface area contributed by atoms with E-state index in [4.69, 9.17) is 0 Å². The number of hydrogen-bond acceptors (Lipinski definition) is 6. The molecular weight excluding hydrogens is 352 g/mol. The minimum atomic E-state index is -3.06. The van der Waals surface area contributed by atoms with E-state index in [9.17, 15) is 13.2 Å². The Labute approximate surface area is 153 Å². The molecule has 1 atom stereocenters. The van der Waals surface area contributed by atoms with Gasteiger partial charge in [-0.3, -0.25) is 4.79 Å². The van der Waals surface area contributed by atoms with Crippen LogP contribution in [0.5, 0.6) is 0 Å². The second-order valence-electron chi connectivity index (χ2n) is 6.43. The quantitative estimate of drug-likeness (QED) is 0.862. The number of aromatic nitrogens is 2. The standard InChI is InChI=1S/C18H22N4O3S/c1-3-22(15-7-8-26(24,25)11-15)18(23)16-10-17(20-12-19-16)21-14-6-4-5-13(2)9-14/h4-6,9-10,12,15H,3,7-8,11H2,1-2H3,(H,19,20,21). The summed E-state index contributed by atoms with van der Waals surface area (Å²) in [6, 6.07) is 9.13. The van der Waals surface area contributed by atoms with Crippen molar-refractivity contribution < 1.29 is 13.2 Å². The number of nitrogens with one attached hydrogen (secondary N) is 1. The molecule has 1 unspecified atom stereocenters. The predicted octanol–water partition coefficient (Wildman–Crippen LogP) is 2.18. The van der Waals surface area contributed by atoms with E-state index in [-0.39, 0.29) is 29.1 Å². The normalized spacial score (nSPS) is 18.5. The molecule has 8 heteroatoms. The Morgan fingerprint density at radius 3 is 2.77 bits per heavy atom. The van der Waals surface area contributed by atoms with Crippen molar-refractivity contribution in [2.24, 2.45) is 0 Å². The largest absolute Gasteiger partial charge is 0.340 e. The van der Waals surface area contributed by atoms with Crippen LogP contribution in [0.4, 0.5) is 11.5 Å². The molecule has 1 saturated heterocycles. The Morgan fingerprint density at radius 1 is 1.31 bits per heavy atom. The lowest BCUT2D eigenvalue weighted by molar-refractivity contribution is 0.0702. The summed E-state index contributed by atoms with van der Waals surface area (Å²) in [5, 5.41) is 3.16. The number of aryl methyl sites for hydroxylation is 1. The van der Waals surface area contributed by atoms with Gasteiger partial charge in [-0.2, -0.15) is 0 Å². The van der Waals surface area contributed by atoms with Gasteiger partial charge in [-0.05, 0) is 38.0 Å². The van der Waals surface area contributed by atoms with E-state index in [1.807, 2.05) is 38.1 Å². The SMILES string of the molecule is CCN(C(=O)c1cc(Nc2cccc(C)c2)ncn1)C1CCS(=O)(=O)C1. The Kier molecular flexibility index (Phi) is 5.22. The van der Waals surface area contributed by atoms with Crippen LogP contribution in [0.15, 0.2) is 36.7 Å². The van der Waals surface area contributed by atoms with E-state index < -0.39 is 9.84 Å². The van der Waals surface area contributed by atoms with Crippen LogP contribution >= 0.6 is 0 Å². The summed E-state index contributed by atoms with van der Waals surface area (Å²) >= 11 is 0. The zero-order chi connectivity index (χ0) is 18.7. The Balaban J connectivity index is 1.79. The Hall–Kier alpha value is -2.48. The summed E-state index contributed by atoms with van der Waals surface area (Å²) in [6.07, 6.45) is 1.81. The molecule has 2 heterocycles. The van der Waals surface area contributed by atoms with Gasteiger partial charge in [0.05, 0.1) is 11.5 Å². The van der Waals surface area contributed by atoms with Gasteiger partial charge < -0.3 is 10.2 Å². The third-order valence-corrected chi connectivity index (χ3v) is 6.18. The van der Waals surface area contributed by atoms with Crippen molar-refractivity contribution >= 4 is 27.2 Å². The van der Waals surface area contributed by atoms with Crippen LogP contribution in [0.1, 0.15) is 29.4 Å². The Bertz CT molecular complexity index is 914. The molecule has 0 radical (unpaired) electrons. The molecule has 0 bridgehead atoms. The molecule has 2 aromatic rings. The highest BCUT2D eigenvalue weighted by atomic mass is 32.2. The zero-order valence-corrected chi connectivity index (χ0v) is 15.7. The number of hydrogen-bond donors (Lipinski definition) is 1. The van der Waals surface area contributed by atoms with Crippen LogP contribution in [0.3, 0.4) is 0 Å². The minimum absolute atomic E-state index is 0.0199. The van der Waals surface area contributed by atoms with Crippen LogP contribution < -0.4 is 5.32 Å². The number of nitrogens with zero attached hydrogens (tertiary/aromatic N) is 3. The van der Waals surface area contributed by atoms with E-state index in [2.05, 4.69) is 15.3 Å². The van der Waals surface area contributed by atoms with Crippen LogP contribution in [-0.2, 0) is 9.84 Å². The molecule has 1 N–H and O–H groups in total. The third-order valence-electron chi connectivity index (χ3n) is 4.43. The first-order valence-electron chi connectivity index (χ1n) is 8.55. The highest BCUT2D eigenvalue weighted by molar-refractivity contribution is 7.91. The van der Waals surface area contributed by atoms with E-state index in [1.54, 1.807) is 11.0 Å². The molecule has 1 fully saturated rings. The van der Waals surface area contributed by atoms with Crippen LogP contribution in [-0.4, -0.2) is 53.3 Å². The molecule has 1 aliphatic rings. The fraction of sp³-hybridized carbons (Fsp3) is 0.389. The summed E-state index contributed by atoms with van der Waals surface area (Å²) in [6.45, 7) is 4.27. The van der Waals surface area contributed by atoms with Gasteiger partial charge in [0, 0.05) is 24.3 Å². The van der Waals surface area contributed by atoms with Crippen molar-refractivity contribution in [3.63, 3.8) is 0 Å². The molecule has 0 spiro atoms. The lowest BCUT2D eigenvalue weighted by atomic mass is 10.2. The molecular formula is C18H22N4O3S. The maximum absolute atomic E-state index is 12.8. The van der Waals surface area contributed by atoms with Gasteiger partial charge in [-0.1, -0.05) is 12.1 Å². The van der Waals surface area contributed by atoms with Gasteiger partial charge in [0.25, 0.3) is 5.91 Å². The first-order chi connectivity index (χ1) is 12.4. The first-order valence-corrected chi connectivity index (χ1v) is 10.4. The Morgan fingerprint density at radius 2 is 2.12 bits per heavy atom. The lowest BCUT2D eigenvalue weighted by Gasteiger charge is -2.26. The van der Waals surface area contributed by atoms with Crippen LogP contribution in [0, 0.1) is 6.92 Å². The number of benzene rings is 1. The fourth-order valence-corrected chi connectivity index (χ4v) is 4.88. The van der Waals surface area contributed by atoms with Gasteiger partial charge in [0.2, 0.25) is 0 Å². The summed E-state index contributed by atoms with van der Waals surface area (Å²) in [5.41, 5.74) is 2.23. The van der Waals surface area contributed by atoms with Gasteiger partial charge in [-0.15, -0.1) is 0 Å². The second-order valence-corrected chi connectivity index (χ2v) is 8.66. The third kappa shape index (κ3) is 4.19. The number of amides is 1. The number of sulfone groups is 1. The van der Waals surface area contributed by atoms with Gasteiger partial charge in [-0.25, -0.2) is 18.4 Å². The smallest absolute Gasteiger partial charge is 0.272 e. The molecule has 138 valence electrons. The predicted molar refractivity (Wildman–Crippen MR) is 100 cm³/mol. The molecule has 26 heavy (non-hydrogen) atoms. The van der Waals surface area contributed by atoms with Crippen molar-refractivity contribution in [3.8, 4) is 0 Å². The molecule has 1 aromatic heterocycles. The first kappa shape index (κ1) is 18.3. The second kappa shape index (κ2) is 7.41. The number of carbonyl (C=O) groups is 1. The highest BCUT2D eigenvalue weighted by Gasteiger charge is 2.34.